The second-order valence-corrected chi connectivity index (χ2v) is 9.79. The molecule has 1 atom stereocenters. The molecule has 1 N–H and O–H groups in total. The summed E-state index contributed by atoms with van der Waals surface area (Å²) in [5, 5.41) is 3.25. The number of hydrogen-bond donors (Lipinski definition) is 1. The number of urea groups is 1. The Morgan fingerprint density at radius 2 is 2.00 bits per heavy atom. The molecule has 2 rings (SSSR count). The van der Waals surface area contributed by atoms with Gasteiger partial charge in [-0.3, -0.25) is 10.1 Å². The third kappa shape index (κ3) is 8.29. The number of nitrogens with zero attached hydrogens (tertiary/aromatic N) is 1. The quantitative estimate of drug-likeness (QED) is 0.514. The van der Waals surface area contributed by atoms with Gasteiger partial charge in [-0.2, -0.15) is 0 Å². The van der Waals surface area contributed by atoms with Crippen LogP contribution in [-0.4, -0.2) is 57.5 Å². The highest BCUT2D eigenvalue weighted by Gasteiger charge is 2.22. The van der Waals surface area contributed by atoms with Crippen molar-refractivity contribution in [2.45, 2.75) is 33.1 Å². The minimum Gasteiger partial charge on any atom is -0.490 e. The van der Waals surface area contributed by atoms with Gasteiger partial charge in [-0.15, -0.1) is 0 Å². The van der Waals surface area contributed by atoms with Crippen LogP contribution in [0.3, 0.4) is 0 Å². The van der Waals surface area contributed by atoms with E-state index < -0.39 is 21.7 Å². The molecular weight excluding hydrogens is 427 g/mol. The number of benzene rings is 1. The third-order valence-electron chi connectivity index (χ3n) is 4.49. The summed E-state index contributed by atoms with van der Waals surface area (Å²) in [6, 6.07) is 3.85. The zero-order valence-corrected chi connectivity index (χ0v) is 18.8. The summed E-state index contributed by atoms with van der Waals surface area (Å²) in [6.07, 6.45) is 1.56. The number of halogens is 1. The van der Waals surface area contributed by atoms with Gasteiger partial charge in [0.2, 0.25) is 5.91 Å². The first kappa shape index (κ1) is 24.8. The maximum Gasteiger partial charge on any atom is 0.325 e. The van der Waals surface area contributed by atoms with Crippen LogP contribution in [0, 0.1) is 11.7 Å². The standard InChI is InChI=1S/C21H29FN2O6S/c1-15(2)12-30-19-11-17(5-6-18(19)22)16(3)13-31(27,28)10-4-9-29-14-24-8-7-20(25)23-21(24)26/h4-6,10-11,15-16H,7-9,12-14H2,1-3H3,(H,23,25,26)/b10-4+/t16-/m0/s1. The fraction of sp³-hybridized carbons (Fsp3) is 0.524. The van der Waals surface area contributed by atoms with E-state index in [4.69, 9.17) is 9.47 Å². The average Bonchev–Trinajstić information content (AvgIpc) is 2.68. The van der Waals surface area contributed by atoms with Crippen LogP contribution in [0.15, 0.2) is 29.7 Å². The van der Waals surface area contributed by atoms with Crippen molar-refractivity contribution in [1.29, 1.82) is 0 Å². The molecule has 0 bridgehead atoms. The Labute approximate surface area is 182 Å². The number of carbonyl (C=O) groups excluding carboxylic acids is 2. The molecule has 1 heterocycles. The lowest BCUT2D eigenvalue weighted by Crippen LogP contribution is -2.50. The number of ether oxygens (including phenoxy) is 2. The van der Waals surface area contributed by atoms with E-state index in [1.807, 2.05) is 13.8 Å². The molecule has 1 fully saturated rings. The van der Waals surface area contributed by atoms with Crippen molar-refractivity contribution in [2.24, 2.45) is 5.92 Å². The monoisotopic (exact) mass is 456 g/mol. The van der Waals surface area contributed by atoms with Gasteiger partial charge in [0, 0.05) is 18.4 Å². The highest BCUT2D eigenvalue weighted by molar-refractivity contribution is 7.94. The van der Waals surface area contributed by atoms with E-state index >= 15 is 0 Å². The van der Waals surface area contributed by atoms with Gasteiger partial charge in [0.1, 0.15) is 6.73 Å². The predicted molar refractivity (Wildman–Crippen MR) is 114 cm³/mol. The van der Waals surface area contributed by atoms with Gasteiger partial charge in [-0.05, 0) is 35.6 Å². The van der Waals surface area contributed by atoms with E-state index in [1.54, 1.807) is 19.1 Å². The first-order valence-corrected chi connectivity index (χ1v) is 11.8. The number of imide groups is 1. The van der Waals surface area contributed by atoms with Crippen LogP contribution in [-0.2, 0) is 19.4 Å². The molecule has 1 aromatic rings. The minimum atomic E-state index is -3.53. The van der Waals surface area contributed by atoms with E-state index in [0.29, 0.717) is 12.2 Å². The maximum atomic E-state index is 13.9. The second kappa shape index (κ2) is 11.2. The summed E-state index contributed by atoms with van der Waals surface area (Å²) >= 11 is 0. The Bertz CT molecular complexity index is 916. The molecule has 172 valence electrons. The van der Waals surface area contributed by atoms with Crippen LogP contribution in [0.4, 0.5) is 9.18 Å². The number of nitrogens with one attached hydrogen (secondary N) is 1. The maximum absolute atomic E-state index is 13.9. The Balaban J connectivity index is 1.85. The number of sulfone groups is 1. The first-order chi connectivity index (χ1) is 14.6. The topological polar surface area (TPSA) is 102 Å². The minimum absolute atomic E-state index is 0.00488. The van der Waals surface area contributed by atoms with Crippen LogP contribution in [0.5, 0.6) is 5.75 Å². The second-order valence-electron chi connectivity index (χ2n) is 7.86. The van der Waals surface area contributed by atoms with Crippen LogP contribution in [0.1, 0.15) is 38.7 Å². The zero-order chi connectivity index (χ0) is 23.0. The molecule has 0 unspecified atom stereocenters. The molecular formula is C21H29FN2O6S. The van der Waals surface area contributed by atoms with Crippen LogP contribution in [0.2, 0.25) is 0 Å². The average molecular weight is 457 g/mol. The molecule has 0 saturated carbocycles. The zero-order valence-electron chi connectivity index (χ0n) is 18.0. The van der Waals surface area contributed by atoms with Gasteiger partial charge in [0.25, 0.3) is 0 Å². The molecule has 0 radical (unpaired) electrons. The summed E-state index contributed by atoms with van der Waals surface area (Å²) in [6.45, 7) is 6.22. The highest BCUT2D eigenvalue weighted by atomic mass is 32.2. The number of hydrogen-bond acceptors (Lipinski definition) is 6. The summed E-state index contributed by atoms with van der Waals surface area (Å²) in [5.41, 5.74) is 0.666. The summed E-state index contributed by atoms with van der Waals surface area (Å²) in [7, 11) is -3.53. The fourth-order valence-electron chi connectivity index (χ4n) is 2.83. The first-order valence-electron chi connectivity index (χ1n) is 10.1. The molecule has 0 spiro atoms. The van der Waals surface area contributed by atoms with Crippen molar-refractivity contribution in [3.05, 3.63) is 41.1 Å². The number of amides is 3. The highest BCUT2D eigenvalue weighted by Crippen LogP contribution is 2.25. The summed E-state index contributed by atoms with van der Waals surface area (Å²) in [5.74, 6) is -0.991. The normalized spacial score (nSPS) is 16.1. The van der Waals surface area contributed by atoms with Gasteiger partial charge in [-0.25, -0.2) is 17.6 Å². The number of carbonyl (C=O) groups is 2. The Morgan fingerprint density at radius 1 is 1.26 bits per heavy atom. The fourth-order valence-corrected chi connectivity index (χ4v) is 4.20. The predicted octanol–water partition coefficient (Wildman–Crippen LogP) is 2.81. The SMILES string of the molecule is CC(C)COc1cc([C@@H](C)CS(=O)(=O)/C=C/COCN2CCC(=O)NC2=O)ccc1F. The van der Waals surface area contributed by atoms with Crippen molar-refractivity contribution in [2.75, 3.05) is 32.2 Å². The van der Waals surface area contributed by atoms with Gasteiger partial charge in [-0.1, -0.05) is 26.8 Å². The van der Waals surface area contributed by atoms with E-state index in [2.05, 4.69) is 5.32 Å². The van der Waals surface area contributed by atoms with Crippen molar-refractivity contribution in [3.8, 4) is 5.75 Å². The van der Waals surface area contributed by atoms with Crippen molar-refractivity contribution < 1.29 is 31.9 Å². The van der Waals surface area contributed by atoms with Crippen molar-refractivity contribution in [1.82, 2.24) is 10.2 Å². The lowest BCUT2D eigenvalue weighted by molar-refractivity contribution is -0.122. The third-order valence-corrected chi connectivity index (χ3v) is 6.06. The van der Waals surface area contributed by atoms with Gasteiger partial charge < -0.3 is 14.4 Å². The molecule has 8 nitrogen and oxygen atoms in total. The summed E-state index contributed by atoms with van der Waals surface area (Å²) in [4.78, 5) is 24.0. The van der Waals surface area contributed by atoms with Gasteiger partial charge in [0.15, 0.2) is 21.4 Å². The van der Waals surface area contributed by atoms with Crippen LogP contribution >= 0.6 is 0 Å². The van der Waals surface area contributed by atoms with E-state index in [0.717, 1.165) is 5.41 Å². The Kier molecular flexibility index (Phi) is 9.00. The van der Waals surface area contributed by atoms with Gasteiger partial charge >= 0.3 is 6.03 Å². The summed E-state index contributed by atoms with van der Waals surface area (Å²) < 4.78 is 49.4. The Morgan fingerprint density at radius 3 is 2.68 bits per heavy atom. The van der Waals surface area contributed by atoms with Crippen LogP contribution < -0.4 is 10.1 Å². The van der Waals surface area contributed by atoms with Crippen molar-refractivity contribution in [3.63, 3.8) is 0 Å². The molecule has 1 saturated heterocycles. The molecule has 10 heteroatoms. The van der Waals surface area contributed by atoms with Crippen LogP contribution in [0.25, 0.3) is 0 Å². The molecule has 1 aliphatic rings. The lowest BCUT2D eigenvalue weighted by Gasteiger charge is -2.25. The lowest BCUT2D eigenvalue weighted by atomic mass is 10.0. The van der Waals surface area contributed by atoms with Crippen molar-refractivity contribution >= 4 is 21.8 Å². The Hall–Kier alpha value is -2.46. The number of rotatable bonds is 11. The molecule has 1 aromatic carbocycles. The largest absolute Gasteiger partial charge is 0.490 e. The smallest absolute Gasteiger partial charge is 0.325 e. The van der Waals surface area contributed by atoms with Gasteiger partial charge in [0.05, 0.1) is 19.0 Å². The van der Waals surface area contributed by atoms with E-state index in [1.165, 1.54) is 17.0 Å². The molecule has 0 aromatic heterocycles. The molecule has 3 amide bonds. The molecule has 1 aliphatic heterocycles. The van der Waals surface area contributed by atoms with E-state index in [-0.39, 0.29) is 55.5 Å². The molecule has 31 heavy (non-hydrogen) atoms. The van der Waals surface area contributed by atoms with E-state index in [9.17, 15) is 22.4 Å². The molecule has 0 aliphatic carbocycles.